The third kappa shape index (κ3) is 5.16. The van der Waals surface area contributed by atoms with Crippen LogP contribution in [-0.2, 0) is 6.18 Å². The molecule has 2 aromatic carbocycles. The van der Waals surface area contributed by atoms with Crippen molar-refractivity contribution in [3.05, 3.63) is 77.5 Å². The second kappa shape index (κ2) is 8.68. The molecule has 0 bridgehead atoms. The molecule has 0 spiro atoms. The van der Waals surface area contributed by atoms with E-state index in [1.54, 1.807) is 0 Å². The number of nitrogens with one attached hydrogen (secondary N) is 4. The summed E-state index contributed by atoms with van der Waals surface area (Å²) in [4.78, 5) is 24.1. The highest BCUT2D eigenvalue weighted by Crippen LogP contribution is 2.30. The highest BCUT2D eigenvalue weighted by atomic mass is 19.4. The van der Waals surface area contributed by atoms with Crippen LogP contribution >= 0.6 is 0 Å². The van der Waals surface area contributed by atoms with Crippen LogP contribution in [0.1, 0.15) is 34.6 Å². The summed E-state index contributed by atoms with van der Waals surface area (Å²) in [7, 11) is 0. The van der Waals surface area contributed by atoms with Crippen molar-refractivity contribution >= 4 is 11.9 Å². The van der Waals surface area contributed by atoms with Crippen LogP contribution in [0, 0.1) is 0 Å². The smallest absolute Gasteiger partial charge is 0.330 e. The Kier molecular flexibility index (Phi) is 6.05. The molecule has 30 heavy (non-hydrogen) atoms. The Balaban J connectivity index is 1.54. The first kappa shape index (κ1) is 20.9. The number of halogens is 3. The van der Waals surface area contributed by atoms with Crippen LogP contribution in [0.25, 0.3) is 11.3 Å². The summed E-state index contributed by atoms with van der Waals surface area (Å²) in [6, 6.07) is 13.8. The number of hydrazine groups is 1. The molecule has 3 amide bonds. The molecule has 0 unspecified atom stereocenters. The Morgan fingerprint density at radius 3 is 2.43 bits per heavy atom. The summed E-state index contributed by atoms with van der Waals surface area (Å²) >= 11 is 0. The molecule has 1 aromatic heterocycles. The summed E-state index contributed by atoms with van der Waals surface area (Å²) in [6.07, 6.45) is -4.48. The van der Waals surface area contributed by atoms with E-state index in [9.17, 15) is 22.8 Å². The van der Waals surface area contributed by atoms with Gasteiger partial charge in [0.05, 0.1) is 17.3 Å². The topological polar surface area (TPSA) is 98.9 Å². The fourth-order valence-electron chi connectivity index (χ4n) is 2.68. The third-order valence-electron chi connectivity index (χ3n) is 4.24. The number of carbonyl (C=O) groups is 2. The molecule has 10 heteroatoms. The fourth-order valence-corrected chi connectivity index (χ4v) is 2.68. The van der Waals surface area contributed by atoms with Crippen LogP contribution in [0.2, 0.25) is 0 Å². The maximum Gasteiger partial charge on any atom is 0.416 e. The fraction of sp³-hybridized carbons (Fsp3) is 0.150. The van der Waals surface area contributed by atoms with E-state index in [0.717, 1.165) is 17.7 Å². The van der Waals surface area contributed by atoms with Gasteiger partial charge in [-0.05, 0) is 30.7 Å². The van der Waals surface area contributed by atoms with Gasteiger partial charge in [-0.3, -0.25) is 15.3 Å². The summed E-state index contributed by atoms with van der Waals surface area (Å²) in [5.41, 5.74) is 5.32. The predicted octanol–water partition coefficient (Wildman–Crippen LogP) is 3.80. The zero-order valence-electron chi connectivity index (χ0n) is 15.7. The number of aromatic amines is 1. The van der Waals surface area contributed by atoms with Gasteiger partial charge in [-0.1, -0.05) is 42.5 Å². The van der Waals surface area contributed by atoms with Crippen LogP contribution in [0.15, 0.2) is 60.7 Å². The number of urea groups is 1. The van der Waals surface area contributed by atoms with Crippen molar-refractivity contribution in [1.29, 1.82) is 0 Å². The summed E-state index contributed by atoms with van der Waals surface area (Å²) < 4.78 is 38.5. The number of amides is 3. The number of rotatable bonds is 4. The van der Waals surface area contributed by atoms with E-state index in [2.05, 4.69) is 26.4 Å². The van der Waals surface area contributed by atoms with Crippen LogP contribution < -0.4 is 16.2 Å². The molecule has 1 atom stereocenters. The van der Waals surface area contributed by atoms with Crippen LogP contribution in [0.4, 0.5) is 18.0 Å². The van der Waals surface area contributed by atoms with E-state index in [1.165, 1.54) is 25.1 Å². The normalized spacial score (nSPS) is 12.1. The van der Waals surface area contributed by atoms with E-state index in [1.807, 2.05) is 30.3 Å². The Labute approximate surface area is 169 Å². The molecule has 0 aliphatic heterocycles. The average Bonchev–Trinajstić information content (AvgIpc) is 3.22. The Morgan fingerprint density at radius 2 is 1.73 bits per heavy atom. The van der Waals surface area contributed by atoms with Crippen LogP contribution in [0.5, 0.6) is 0 Å². The van der Waals surface area contributed by atoms with Crippen molar-refractivity contribution in [3.63, 3.8) is 0 Å². The second-order valence-electron chi connectivity index (χ2n) is 6.43. The van der Waals surface area contributed by atoms with Gasteiger partial charge in [0.15, 0.2) is 0 Å². The van der Waals surface area contributed by atoms with Crippen LogP contribution in [0.3, 0.4) is 0 Å². The zero-order chi connectivity index (χ0) is 21.7. The zero-order valence-corrected chi connectivity index (χ0v) is 15.7. The van der Waals surface area contributed by atoms with Gasteiger partial charge in [0.1, 0.15) is 5.69 Å². The van der Waals surface area contributed by atoms with Gasteiger partial charge in [0.25, 0.3) is 5.91 Å². The lowest BCUT2D eigenvalue weighted by Gasteiger charge is -2.16. The van der Waals surface area contributed by atoms with Crippen LogP contribution in [-0.4, -0.2) is 22.1 Å². The molecule has 1 heterocycles. The number of hydrogen-bond acceptors (Lipinski definition) is 3. The minimum Gasteiger partial charge on any atom is -0.330 e. The van der Waals surface area contributed by atoms with Gasteiger partial charge in [0, 0.05) is 5.56 Å². The first-order valence-corrected chi connectivity index (χ1v) is 8.89. The lowest BCUT2D eigenvalue weighted by atomic mass is 10.1. The SMILES string of the molecule is C[C@H](NC(=O)NNC(=O)c1cc(-c2ccccc2)n[nH]1)c1cccc(C(F)(F)F)c1. The maximum atomic E-state index is 12.8. The molecule has 0 fully saturated rings. The lowest BCUT2D eigenvalue weighted by molar-refractivity contribution is -0.137. The van der Waals surface area contributed by atoms with Gasteiger partial charge in [0.2, 0.25) is 0 Å². The quantitative estimate of drug-likeness (QED) is 0.486. The van der Waals surface area contributed by atoms with Gasteiger partial charge >= 0.3 is 12.2 Å². The van der Waals surface area contributed by atoms with E-state index >= 15 is 0 Å². The van der Waals surface area contributed by atoms with Crippen molar-refractivity contribution in [3.8, 4) is 11.3 Å². The van der Waals surface area contributed by atoms with Gasteiger partial charge in [-0.25, -0.2) is 10.2 Å². The number of hydrogen-bond donors (Lipinski definition) is 4. The van der Waals surface area contributed by atoms with Gasteiger partial charge in [-0.2, -0.15) is 18.3 Å². The summed E-state index contributed by atoms with van der Waals surface area (Å²) in [5.74, 6) is -0.633. The molecule has 0 saturated carbocycles. The van der Waals surface area contributed by atoms with E-state index < -0.39 is 29.7 Å². The third-order valence-corrected chi connectivity index (χ3v) is 4.24. The summed E-state index contributed by atoms with van der Waals surface area (Å²) in [6.45, 7) is 1.53. The maximum absolute atomic E-state index is 12.8. The molecule has 0 aliphatic rings. The number of aromatic nitrogens is 2. The first-order valence-electron chi connectivity index (χ1n) is 8.89. The van der Waals surface area contributed by atoms with Crippen molar-refractivity contribution in [2.45, 2.75) is 19.1 Å². The van der Waals surface area contributed by atoms with E-state index in [0.29, 0.717) is 5.69 Å². The molecule has 7 nitrogen and oxygen atoms in total. The van der Waals surface area contributed by atoms with Crippen molar-refractivity contribution in [1.82, 2.24) is 26.4 Å². The minimum absolute atomic E-state index is 0.125. The van der Waals surface area contributed by atoms with Crippen molar-refractivity contribution in [2.24, 2.45) is 0 Å². The Morgan fingerprint density at radius 1 is 1.00 bits per heavy atom. The highest BCUT2D eigenvalue weighted by Gasteiger charge is 2.30. The van der Waals surface area contributed by atoms with Gasteiger partial charge < -0.3 is 5.32 Å². The first-order chi connectivity index (χ1) is 14.2. The van der Waals surface area contributed by atoms with E-state index in [4.69, 9.17) is 0 Å². The number of nitrogens with zero attached hydrogens (tertiary/aromatic N) is 1. The average molecular weight is 417 g/mol. The number of carbonyl (C=O) groups excluding carboxylic acids is 2. The predicted molar refractivity (Wildman–Crippen MR) is 103 cm³/mol. The molecule has 156 valence electrons. The standard InChI is InChI=1S/C20H18F3N5O2/c1-12(14-8-5-9-15(10-14)20(21,22)23)24-19(30)28-27-18(29)17-11-16(25-26-17)13-6-3-2-4-7-13/h2-12H,1H3,(H,25,26)(H,27,29)(H2,24,28,30)/t12-/m0/s1. The number of alkyl halides is 3. The second-order valence-corrected chi connectivity index (χ2v) is 6.43. The Bertz CT molecular complexity index is 1030. The number of benzene rings is 2. The molecule has 4 N–H and O–H groups in total. The molecule has 3 aromatic rings. The molecule has 3 rings (SSSR count). The van der Waals surface area contributed by atoms with Gasteiger partial charge in [-0.15, -0.1) is 0 Å². The molecular weight excluding hydrogens is 399 g/mol. The van der Waals surface area contributed by atoms with E-state index in [-0.39, 0.29) is 11.3 Å². The molecule has 0 radical (unpaired) electrons. The largest absolute Gasteiger partial charge is 0.416 e. The molecule has 0 saturated heterocycles. The molecule has 0 aliphatic carbocycles. The van der Waals surface area contributed by atoms with Crippen molar-refractivity contribution < 1.29 is 22.8 Å². The minimum atomic E-state index is -4.48. The monoisotopic (exact) mass is 417 g/mol. The number of H-pyrrole nitrogens is 1. The highest BCUT2D eigenvalue weighted by molar-refractivity contribution is 5.94. The lowest BCUT2D eigenvalue weighted by Crippen LogP contribution is -2.47. The Hall–Kier alpha value is -3.82. The summed E-state index contributed by atoms with van der Waals surface area (Å²) in [5, 5.41) is 9.07. The molecular formula is C20H18F3N5O2. The van der Waals surface area contributed by atoms with Crippen molar-refractivity contribution in [2.75, 3.05) is 0 Å².